The Morgan fingerprint density at radius 3 is 2.15 bits per heavy atom. The van der Waals surface area contributed by atoms with E-state index in [4.69, 9.17) is 8.92 Å². The summed E-state index contributed by atoms with van der Waals surface area (Å²) < 4.78 is 47.1. The highest BCUT2D eigenvalue weighted by atomic mass is 32.3. The van der Waals surface area contributed by atoms with Gasteiger partial charge in [-0.25, -0.2) is 4.79 Å². The third kappa shape index (κ3) is 5.63. The number of nitrogens with zero attached hydrogens (tertiary/aromatic N) is 1. The molecule has 8 nitrogen and oxygen atoms in total. The number of amides is 1. The SMILES string of the molecule is Cc1c(CN2CCNCC2)c(C)c(OS(=O)(=O)F)c(C)c1NC(=O)OCC1c2ccccc2-c2ccccc21. The van der Waals surface area contributed by atoms with E-state index in [0.29, 0.717) is 23.4 Å². The lowest BCUT2D eigenvalue weighted by atomic mass is 9.95. The number of nitrogens with one attached hydrogen (secondary N) is 2. The molecule has 1 amide bonds. The predicted molar refractivity (Wildman–Crippen MR) is 148 cm³/mol. The average molecular weight is 554 g/mol. The van der Waals surface area contributed by atoms with Crippen LogP contribution in [-0.2, 0) is 21.8 Å². The van der Waals surface area contributed by atoms with Crippen LogP contribution in [0.2, 0.25) is 0 Å². The molecule has 1 fully saturated rings. The summed E-state index contributed by atoms with van der Waals surface area (Å²) in [5, 5.41) is 6.09. The molecule has 3 aromatic carbocycles. The maximum atomic E-state index is 13.7. The Bertz CT molecular complexity index is 1470. The lowest BCUT2D eigenvalue weighted by Gasteiger charge is -2.30. The number of carbonyl (C=O) groups excluding carboxylic acids is 1. The Hall–Kier alpha value is -3.47. The summed E-state index contributed by atoms with van der Waals surface area (Å²) in [6, 6.07) is 16.1. The number of fused-ring (bicyclic) bond motifs is 3. The molecule has 2 aliphatic rings. The van der Waals surface area contributed by atoms with Crippen LogP contribution in [0.25, 0.3) is 11.1 Å². The predicted octanol–water partition coefficient (Wildman–Crippen LogP) is 4.97. The molecule has 1 aliphatic carbocycles. The van der Waals surface area contributed by atoms with Crippen molar-refractivity contribution >= 4 is 22.3 Å². The van der Waals surface area contributed by atoms with E-state index in [1.807, 2.05) is 43.3 Å². The van der Waals surface area contributed by atoms with Crippen molar-refractivity contribution in [3.63, 3.8) is 0 Å². The number of halogens is 1. The van der Waals surface area contributed by atoms with Gasteiger partial charge in [0.1, 0.15) is 6.61 Å². The molecule has 206 valence electrons. The number of anilines is 1. The third-order valence-corrected chi connectivity index (χ3v) is 8.05. The van der Waals surface area contributed by atoms with Crippen LogP contribution in [0.5, 0.6) is 5.75 Å². The molecule has 0 spiro atoms. The van der Waals surface area contributed by atoms with Crippen molar-refractivity contribution < 1.29 is 26.0 Å². The Kier molecular flexibility index (Phi) is 7.61. The van der Waals surface area contributed by atoms with Crippen molar-refractivity contribution in [1.82, 2.24) is 10.2 Å². The molecule has 5 rings (SSSR count). The molecular weight excluding hydrogens is 521 g/mol. The van der Waals surface area contributed by atoms with Crippen molar-refractivity contribution in [2.75, 3.05) is 38.1 Å². The molecule has 0 bridgehead atoms. The van der Waals surface area contributed by atoms with Gasteiger partial charge in [-0.3, -0.25) is 10.2 Å². The number of ether oxygens (including phenoxy) is 1. The summed E-state index contributed by atoms with van der Waals surface area (Å²) in [6.07, 6.45) is -0.686. The molecule has 1 saturated heterocycles. The summed E-state index contributed by atoms with van der Waals surface area (Å²) >= 11 is 0. The monoisotopic (exact) mass is 553 g/mol. The second kappa shape index (κ2) is 11.0. The molecule has 0 unspecified atom stereocenters. The molecule has 0 aromatic heterocycles. The minimum Gasteiger partial charge on any atom is -0.448 e. The first-order valence-corrected chi connectivity index (χ1v) is 14.3. The van der Waals surface area contributed by atoms with Crippen molar-refractivity contribution in [2.24, 2.45) is 0 Å². The maximum absolute atomic E-state index is 13.7. The molecule has 0 atom stereocenters. The molecule has 1 aliphatic heterocycles. The van der Waals surface area contributed by atoms with Crippen LogP contribution >= 0.6 is 0 Å². The van der Waals surface area contributed by atoms with E-state index in [-0.39, 0.29) is 18.3 Å². The summed E-state index contributed by atoms with van der Waals surface area (Å²) in [5.41, 5.74) is 7.13. The van der Waals surface area contributed by atoms with Gasteiger partial charge in [-0.05, 0) is 59.7 Å². The van der Waals surface area contributed by atoms with Crippen LogP contribution in [-0.4, -0.2) is 52.2 Å². The minimum absolute atomic E-state index is 0.109. The van der Waals surface area contributed by atoms with Gasteiger partial charge in [0.05, 0.1) is 5.69 Å². The second-order valence-corrected chi connectivity index (χ2v) is 11.0. The van der Waals surface area contributed by atoms with Crippen LogP contribution in [0.3, 0.4) is 0 Å². The van der Waals surface area contributed by atoms with E-state index in [0.717, 1.165) is 59.6 Å². The van der Waals surface area contributed by atoms with Gasteiger partial charge >= 0.3 is 16.6 Å². The summed E-state index contributed by atoms with van der Waals surface area (Å²) in [4.78, 5) is 15.3. The molecule has 10 heteroatoms. The summed E-state index contributed by atoms with van der Waals surface area (Å²) in [7, 11) is -5.28. The highest BCUT2D eigenvalue weighted by Crippen LogP contribution is 2.44. The summed E-state index contributed by atoms with van der Waals surface area (Å²) in [5.74, 6) is -0.232. The van der Waals surface area contributed by atoms with Gasteiger partial charge in [-0.2, -0.15) is 8.42 Å². The first kappa shape index (κ1) is 27.1. The first-order valence-electron chi connectivity index (χ1n) is 13.0. The Morgan fingerprint density at radius 2 is 1.56 bits per heavy atom. The van der Waals surface area contributed by atoms with Crippen molar-refractivity contribution in [3.8, 4) is 16.9 Å². The van der Waals surface area contributed by atoms with E-state index in [1.165, 1.54) is 0 Å². The molecule has 39 heavy (non-hydrogen) atoms. The Balaban J connectivity index is 1.41. The molecule has 2 N–H and O–H groups in total. The minimum atomic E-state index is -5.28. The fraction of sp³-hybridized carbons (Fsp3) is 0.345. The number of carbonyl (C=O) groups is 1. The number of piperazine rings is 1. The zero-order chi connectivity index (χ0) is 27.7. The average Bonchev–Trinajstić information content (AvgIpc) is 3.24. The van der Waals surface area contributed by atoms with Gasteiger partial charge in [0.25, 0.3) is 0 Å². The van der Waals surface area contributed by atoms with Gasteiger partial charge in [0, 0.05) is 44.2 Å². The topological polar surface area (TPSA) is 97.0 Å². The number of benzene rings is 3. The largest absolute Gasteiger partial charge is 0.488 e. The molecule has 1 heterocycles. The van der Waals surface area contributed by atoms with Gasteiger partial charge in [-0.1, -0.05) is 52.4 Å². The number of rotatable bonds is 7. The van der Waals surface area contributed by atoms with Crippen molar-refractivity contribution in [1.29, 1.82) is 0 Å². The standard InChI is InChI=1S/C29H32FN3O5S/c1-18-25(16-33-14-12-31-13-15-33)19(2)28(38-39(30,35)36)20(3)27(18)32-29(34)37-17-26-23-10-6-4-8-21(23)22-9-5-7-11-24(22)26/h4-11,26,31H,12-17H2,1-3H3,(H,32,34). The maximum Gasteiger partial charge on any atom is 0.488 e. The fourth-order valence-electron chi connectivity index (χ4n) is 5.72. The van der Waals surface area contributed by atoms with Gasteiger partial charge in [0.15, 0.2) is 5.75 Å². The molecule has 0 radical (unpaired) electrons. The van der Waals surface area contributed by atoms with Crippen LogP contribution in [0.15, 0.2) is 48.5 Å². The van der Waals surface area contributed by atoms with Gasteiger partial charge in [0.2, 0.25) is 0 Å². The normalized spacial score (nSPS) is 15.5. The van der Waals surface area contributed by atoms with Gasteiger partial charge in [-0.15, -0.1) is 0 Å². The van der Waals surface area contributed by atoms with Crippen LogP contribution < -0.4 is 14.8 Å². The molecule has 0 saturated carbocycles. The zero-order valence-corrected chi connectivity index (χ0v) is 23.0. The van der Waals surface area contributed by atoms with Crippen LogP contribution in [0.4, 0.5) is 14.4 Å². The van der Waals surface area contributed by atoms with Crippen molar-refractivity contribution in [2.45, 2.75) is 33.2 Å². The van der Waals surface area contributed by atoms with E-state index >= 15 is 0 Å². The van der Waals surface area contributed by atoms with Crippen LogP contribution in [0, 0.1) is 20.8 Å². The van der Waals surface area contributed by atoms with E-state index in [1.54, 1.807) is 13.8 Å². The lowest BCUT2D eigenvalue weighted by Crippen LogP contribution is -2.43. The summed E-state index contributed by atoms with van der Waals surface area (Å²) in [6.45, 7) is 9.04. The Morgan fingerprint density at radius 1 is 0.974 bits per heavy atom. The fourth-order valence-corrected chi connectivity index (χ4v) is 6.17. The number of hydrogen-bond acceptors (Lipinski definition) is 7. The third-order valence-electron chi connectivity index (χ3n) is 7.68. The highest BCUT2D eigenvalue weighted by Gasteiger charge is 2.30. The smallest absolute Gasteiger partial charge is 0.448 e. The highest BCUT2D eigenvalue weighted by molar-refractivity contribution is 7.81. The lowest BCUT2D eigenvalue weighted by molar-refractivity contribution is 0.158. The second-order valence-electron chi connectivity index (χ2n) is 10.0. The quantitative estimate of drug-likeness (QED) is 0.399. The first-order chi connectivity index (χ1) is 18.6. The zero-order valence-electron chi connectivity index (χ0n) is 22.2. The van der Waals surface area contributed by atoms with Crippen LogP contribution in [0.1, 0.15) is 39.3 Å². The molecule has 3 aromatic rings. The van der Waals surface area contributed by atoms with Gasteiger partial charge < -0.3 is 14.2 Å². The van der Waals surface area contributed by atoms with E-state index in [9.17, 15) is 17.1 Å². The molecular formula is C29H32FN3O5S. The van der Waals surface area contributed by atoms with Crippen molar-refractivity contribution in [3.05, 3.63) is 81.9 Å². The van der Waals surface area contributed by atoms with E-state index in [2.05, 4.69) is 27.7 Å². The van der Waals surface area contributed by atoms with E-state index < -0.39 is 16.6 Å². The Labute approximate surface area is 228 Å². The number of hydrogen-bond donors (Lipinski definition) is 2.